The molecule has 0 aliphatic rings. The number of carbonyl (C=O) groups is 2. The van der Waals surface area contributed by atoms with Gasteiger partial charge in [0, 0.05) is 23.2 Å². The number of benzene rings is 2. The minimum atomic E-state index is -0.669. The van der Waals surface area contributed by atoms with Gasteiger partial charge in [-0.1, -0.05) is 27.5 Å². The van der Waals surface area contributed by atoms with E-state index < -0.39 is 5.78 Å². The van der Waals surface area contributed by atoms with E-state index in [4.69, 9.17) is 16.0 Å². The van der Waals surface area contributed by atoms with Gasteiger partial charge in [0.1, 0.15) is 5.52 Å². The van der Waals surface area contributed by atoms with Crippen LogP contribution < -0.4 is 5.32 Å². The number of carbonyl (C=O) groups excluding carboxylic acids is 2. The van der Waals surface area contributed by atoms with Crippen LogP contribution in [0, 0.1) is 0 Å². The summed E-state index contributed by atoms with van der Waals surface area (Å²) in [6.45, 7) is 1.38. The molecule has 1 aromatic heterocycles. The van der Waals surface area contributed by atoms with Crippen molar-refractivity contribution in [2.24, 2.45) is 0 Å². The number of halogens is 2. The van der Waals surface area contributed by atoms with Crippen molar-refractivity contribution >= 4 is 56.4 Å². The van der Waals surface area contributed by atoms with E-state index in [-0.39, 0.29) is 23.3 Å². The molecule has 6 nitrogen and oxygen atoms in total. The van der Waals surface area contributed by atoms with Gasteiger partial charge in [-0.25, -0.2) is 4.98 Å². The minimum Gasteiger partial charge on any atom is -0.435 e. The topological polar surface area (TPSA) is 75.4 Å². The number of Topliss-reactive ketones (excluding diaryl/α,β-unsaturated/α-hetero) is 1. The maximum absolute atomic E-state index is 12.3. The molecule has 140 valence electrons. The fourth-order valence-electron chi connectivity index (χ4n) is 2.64. The van der Waals surface area contributed by atoms with Crippen LogP contribution in [-0.4, -0.2) is 49.1 Å². The molecule has 0 saturated carbocycles. The second-order valence-electron chi connectivity index (χ2n) is 6.19. The van der Waals surface area contributed by atoms with Gasteiger partial charge in [-0.2, -0.15) is 0 Å². The number of hydrogen-bond donors (Lipinski definition) is 1. The predicted octanol–water partition coefficient (Wildman–Crippen LogP) is 4.27. The Morgan fingerprint density at radius 2 is 2.11 bits per heavy atom. The quantitative estimate of drug-likeness (QED) is 0.329. The molecule has 0 amide bonds. The van der Waals surface area contributed by atoms with Gasteiger partial charge in [0.05, 0.1) is 16.1 Å². The first-order chi connectivity index (χ1) is 12.9. The lowest BCUT2D eigenvalue weighted by atomic mass is 10.1. The summed E-state index contributed by atoms with van der Waals surface area (Å²) in [5.41, 5.74) is 2.05. The smallest absolute Gasteiger partial charge is 0.231 e. The fraction of sp³-hybridized carbons (Fsp3) is 0.211. The zero-order valence-electron chi connectivity index (χ0n) is 14.8. The van der Waals surface area contributed by atoms with Gasteiger partial charge in [0.25, 0.3) is 0 Å². The number of aldehydes is 1. The number of ketones is 1. The molecule has 0 bridgehead atoms. The fourth-order valence-corrected chi connectivity index (χ4v) is 3.39. The molecule has 3 aromatic rings. The first-order valence-electron chi connectivity index (χ1n) is 8.17. The van der Waals surface area contributed by atoms with E-state index in [1.807, 2.05) is 25.1 Å². The molecule has 3 rings (SSSR count). The minimum absolute atomic E-state index is 0.174. The third-order valence-corrected chi connectivity index (χ3v) is 4.75. The highest BCUT2D eigenvalue weighted by Gasteiger charge is 2.21. The summed E-state index contributed by atoms with van der Waals surface area (Å²) >= 11 is 9.64. The molecule has 0 aliphatic heterocycles. The van der Waals surface area contributed by atoms with E-state index in [0.717, 1.165) is 11.0 Å². The van der Waals surface area contributed by atoms with Gasteiger partial charge in [-0.15, -0.1) is 0 Å². The summed E-state index contributed by atoms with van der Waals surface area (Å²) in [4.78, 5) is 29.9. The Morgan fingerprint density at radius 1 is 1.33 bits per heavy atom. The lowest BCUT2D eigenvalue weighted by molar-refractivity contribution is -0.104. The molecule has 0 saturated heterocycles. The molecular weight excluding hydrogens is 434 g/mol. The van der Waals surface area contributed by atoms with Crippen LogP contribution in [0.15, 0.2) is 39.2 Å². The van der Waals surface area contributed by atoms with Crippen molar-refractivity contribution in [3.63, 3.8) is 0 Å². The lowest BCUT2D eigenvalue weighted by Gasteiger charge is -2.13. The van der Waals surface area contributed by atoms with Crippen molar-refractivity contribution in [1.29, 1.82) is 0 Å². The largest absolute Gasteiger partial charge is 0.435 e. The molecule has 2 aromatic carbocycles. The summed E-state index contributed by atoms with van der Waals surface area (Å²) < 4.78 is 6.69. The average Bonchev–Trinajstić information content (AvgIpc) is 3.04. The zero-order chi connectivity index (χ0) is 19.6. The standard InChI is InChI=1S/C19H17BrClN3O3/c1-24(2)8-7-22-14-5-6-15-18(17(14)16(26)10-25)27-19(23-15)12-4-3-11(20)9-13(12)21/h3-6,9-10,22H,7-8H2,1-2H3. The predicted molar refractivity (Wildman–Crippen MR) is 110 cm³/mol. The number of aromatic nitrogens is 1. The maximum Gasteiger partial charge on any atom is 0.231 e. The van der Waals surface area contributed by atoms with Crippen LogP contribution in [0.1, 0.15) is 10.4 Å². The Labute approximate surface area is 169 Å². The van der Waals surface area contributed by atoms with Crippen molar-refractivity contribution in [3.8, 4) is 11.5 Å². The number of rotatable bonds is 7. The van der Waals surface area contributed by atoms with Crippen LogP contribution in [-0.2, 0) is 4.79 Å². The molecule has 0 radical (unpaired) electrons. The Balaban J connectivity index is 2.09. The molecule has 27 heavy (non-hydrogen) atoms. The highest BCUT2D eigenvalue weighted by molar-refractivity contribution is 9.10. The SMILES string of the molecule is CN(C)CCNc1ccc2nc(-c3ccc(Br)cc3Cl)oc2c1C(=O)C=O. The van der Waals surface area contributed by atoms with E-state index in [1.165, 1.54) is 0 Å². The Bertz CT molecular complexity index is 1020. The molecule has 0 spiro atoms. The van der Waals surface area contributed by atoms with E-state index >= 15 is 0 Å². The van der Waals surface area contributed by atoms with Crippen LogP contribution in [0.2, 0.25) is 5.02 Å². The summed E-state index contributed by atoms with van der Waals surface area (Å²) in [6.07, 6.45) is 0.278. The second kappa shape index (κ2) is 8.21. The average molecular weight is 451 g/mol. The summed E-state index contributed by atoms with van der Waals surface area (Å²) in [5.74, 6) is -0.384. The Morgan fingerprint density at radius 3 is 2.78 bits per heavy atom. The van der Waals surface area contributed by atoms with Crippen molar-refractivity contribution in [2.75, 3.05) is 32.5 Å². The molecule has 0 unspecified atom stereocenters. The van der Waals surface area contributed by atoms with Gasteiger partial charge >= 0.3 is 0 Å². The normalized spacial score (nSPS) is 11.1. The van der Waals surface area contributed by atoms with Gasteiger partial charge < -0.3 is 14.6 Å². The van der Waals surface area contributed by atoms with Crippen LogP contribution in [0.4, 0.5) is 5.69 Å². The van der Waals surface area contributed by atoms with Gasteiger partial charge in [0.2, 0.25) is 11.7 Å². The molecule has 0 aliphatic carbocycles. The zero-order valence-corrected chi connectivity index (χ0v) is 17.1. The first-order valence-corrected chi connectivity index (χ1v) is 9.35. The number of anilines is 1. The van der Waals surface area contributed by atoms with Gasteiger partial charge in [-0.3, -0.25) is 9.59 Å². The number of oxazole rings is 1. The van der Waals surface area contributed by atoms with Crippen molar-refractivity contribution < 1.29 is 14.0 Å². The number of likely N-dealkylation sites (N-methyl/N-ethyl adjacent to an activating group) is 1. The van der Waals surface area contributed by atoms with Crippen molar-refractivity contribution in [2.45, 2.75) is 0 Å². The van der Waals surface area contributed by atoms with Crippen LogP contribution >= 0.6 is 27.5 Å². The molecule has 1 N–H and O–H groups in total. The molecule has 0 atom stereocenters. The monoisotopic (exact) mass is 449 g/mol. The van der Waals surface area contributed by atoms with Gasteiger partial charge in [0.15, 0.2) is 11.9 Å². The van der Waals surface area contributed by atoms with Gasteiger partial charge in [-0.05, 0) is 44.4 Å². The molecule has 0 fully saturated rings. The van der Waals surface area contributed by atoms with Crippen molar-refractivity contribution in [3.05, 3.63) is 45.4 Å². The van der Waals surface area contributed by atoms with Crippen LogP contribution in [0.25, 0.3) is 22.6 Å². The van der Waals surface area contributed by atoms with E-state index in [1.54, 1.807) is 24.3 Å². The number of nitrogens with one attached hydrogen (secondary N) is 1. The highest BCUT2D eigenvalue weighted by atomic mass is 79.9. The second-order valence-corrected chi connectivity index (χ2v) is 7.51. The molecular formula is C19H17BrClN3O3. The number of fused-ring (bicyclic) bond motifs is 1. The number of nitrogens with zero attached hydrogens (tertiary/aromatic N) is 2. The third-order valence-electron chi connectivity index (χ3n) is 3.95. The first kappa shape index (κ1) is 19.5. The lowest BCUT2D eigenvalue weighted by Crippen LogP contribution is -2.21. The Kier molecular flexibility index (Phi) is 5.94. The Hall–Kier alpha value is -2.22. The highest BCUT2D eigenvalue weighted by Crippen LogP contribution is 2.34. The van der Waals surface area contributed by atoms with E-state index in [2.05, 4.69) is 26.2 Å². The molecule has 1 heterocycles. The van der Waals surface area contributed by atoms with Crippen LogP contribution in [0.5, 0.6) is 0 Å². The van der Waals surface area contributed by atoms with Crippen LogP contribution in [0.3, 0.4) is 0 Å². The molecule has 8 heteroatoms. The third kappa shape index (κ3) is 4.21. The summed E-state index contributed by atoms with van der Waals surface area (Å²) in [5, 5.41) is 3.64. The van der Waals surface area contributed by atoms with E-state index in [9.17, 15) is 9.59 Å². The van der Waals surface area contributed by atoms with Crippen molar-refractivity contribution in [1.82, 2.24) is 9.88 Å². The maximum atomic E-state index is 12.3. The number of hydrogen-bond acceptors (Lipinski definition) is 6. The summed E-state index contributed by atoms with van der Waals surface area (Å²) in [6, 6.07) is 8.80. The summed E-state index contributed by atoms with van der Waals surface area (Å²) in [7, 11) is 3.90. The van der Waals surface area contributed by atoms with E-state index in [0.29, 0.717) is 28.3 Å².